The van der Waals surface area contributed by atoms with Gasteiger partial charge in [-0.15, -0.1) is 0 Å². The van der Waals surface area contributed by atoms with E-state index in [0.29, 0.717) is 0 Å². The molecule has 2 N–H and O–H groups in total. The zero-order chi connectivity index (χ0) is 20.8. The van der Waals surface area contributed by atoms with Gasteiger partial charge in [-0.05, 0) is 47.4 Å². The third-order valence-electron chi connectivity index (χ3n) is 6.28. The lowest BCUT2D eigenvalue weighted by Gasteiger charge is -2.36. The van der Waals surface area contributed by atoms with E-state index in [1.54, 1.807) is 18.5 Å². The molecule has 0 saturated heterocycles. The molecule has 0 spiro atoms. The maximum Gasteiger partial charge on any atom is 0.115 e. The van der Waals surface area contributed by atoms with Crippen LogP contribution in [0.1, 0.15) is 28.4 Å². The Morgan fingerprint density at radius 2 is 1.84 bits per heavy atom. The second-order valence-corrected chi connectivity index (χ2v) is 8.12. The van der Waals surface area contributed by atoms with Gasteiger partial charge < -0.3 is 10.1 Å². The monoisotopic (exact) mass is 406 g/mol. The molecule has 6 rings (SSSR count). The standard InChI is InChI=1S/C26H22N4O/c31-19-7-3-5-17(15-19)26-25-21(20-8-1-2-9-22(20)29-25)11-14-30(26)16-18-6-4-10-23-24(18)28-13-12-27-23/h1-10,12-13,15,26,29,31H,11,14,16H2. The fourth-order valence-electron chi connectivity index (χ4n) is 4.93. The Morgan fingerprint density at radius 1 is 0.968 bits per heavy atom. The molecule has 1 atom stereocenters. The van der Waals surface area contributed by atoms with Gasteiger partial charge in [-0.25, -0.2) is 0 Å². The molecule has 0 bridgehead atoms. The highest BCUT2D eigenvalue weighted by Gasteiger charge is 2.32. The largest absolute Gasteiger partial charge is 0.508 e. The van der Waals surface area contributed by atoms with Gasteiger partial charge in [0.15, 0.2) is 0 Å². The number of aromatic hydroxyl groups is 1. The highest BCUT2D eigenvalue weighted by atomic mass is 16.3. The number of aromatic nitrogens is 3. The van der Waals surface area contributed by atoms with E-state index in [1.165, 1.54) is 16.6 Å². The fourth-order valence-corrected chi connectivity index (χ4v) is 4.93. The Bertz CT molecular complexity index is 1400. The Morgan fingerprint density at radius 3 is 2.77 bits per heavy atom. The van der Waals surface area contributed by atoms with Crippen LogP contribution in [0.3, 0.4) is 0 Å². The van der Waals surface area contributed by atoms with Gasteiger partial charge in [0.1, 0.15) is 5.75 Å². The summed E-state index contributed by atoms with van der Waals surface area (Å²) < 4.78 is 0. The van der Waals surface area contributed by atoms with Crippen LogP contribution in [0.25, 0.3) is 21.9 Å². The topological polar surface area (TPSA) is 65.0 Å². The molecule has 0 amide bonds. The summed E-state index contributed by atoms with van der Waals surface area (Å²) in [6.07, 6.45) is 4.47. The highest BCUT2D eigenvalue weighted by Crippen LogP contribution is 2.40. The molecule has 0 aliphatic carbocycles. The summed E-state index contributed by atoms with van der Waals surface area (Å²) in [5, 5.41) is 11.5. The third kappa shape index (κ3) is 3.05. The van der Waals surface area contributed by atoms with Crippen LogP contribution in [0, 0.1) is 0 Å². The molecule has 152 valence electrons. The number of rotatable bonds is 3. The van der Waals surface area contributed by atoms with Gasteiger partial charge in [-0.3, -0.25) is 14.9 Å². The van der Waals surface area contributed by atoms with Crippen LogP contribution in [-0.2, 0) is 13.0 Å². The first kappa shape index (κ1) is 18.1. The first-order chi connectivity index (χ1) is 15.3. The van der Waals surface area contributed by atoms with Crippen molar-refractivity contribution in [2.45, 2.75) is 19.0 Å². The van der Waals surface area contributed by atoms with Crippen LogP contribution >= 0.6 is 0 Å². The first-order valence-electron chi connectivity index (χ1n) is 10.6. The number of benzene rings is 3. The number of H-pyrrole nitrogens is 1. The lowest BCUT2D eigenvalue weighted by molar-refractivity contribution is 0.202. The summed E-state index contributed by atoms with van der Waals surface area (Å²) in [4.78, 5) is 15.2. The Balaban J connectivity index is 1.49. The number of hydrogen-bond donors (Lipinski definition) is 2. The summed E-state index contributed by atoms with van der Waals surface area (Å²) in [5.74, 6) is 0.289. The first-order valence-corrected chi connectivity index (χ1v) is 10.6. The number of aromatic amines is 1. The second-order valence-electron chi connectivity index (χ2n) is 8.12. The van der Waals surface area contributed by atoms with Gasteiger partial charge >= 0.3 is 0 Å². The lowest BCUT2D eigenvalue weighted by Crippen LogP contribution is -2.35. The van der Waals surface area contributed by atoms with E-state index < -0.39 is 0 Å². The predicted molar refractivity (Wildman–Crippen MR) is 122 cm³/mol. The van der Waals surface area contributed by atoms with Crippen LogP contribution in [0.5, 0.6) is 5.75 Å². The smallest absolute Gasteiger partial charge is 0.115 e. The van der Waals surface area contributed by atoms with Crippen LogP contribution in [0.4, 0.5) is 0 Å². The molecule has 1 aliphatic rings. The zero-order valence-electron chi connectivity index (χ0n) is 17.0. The van der Waals surface area contributed by atoms with Gasteiger partial charge in [-0.1, -0.05) is 42.5 Å². The number of phenols is 1. The molecular formula is C26H22N4O. The van der Waals surface area contributed by atoms with Crippen molar-refractivity contribution in [1.82, 2.24) is 19.9 Å². The quantitative estimate of drug-likeness (QED) is 0.444. The Hall–Kier alpha value is -3.70. The van der Waals surface area contributed by atoms with Crippen LogP contribution in [0.15, 0.2) is 79.1 Å². The predicted octanol–water partition coefficient (Wildman–Crippen LogP) is 4.96. The van der Waals surface area contributed by atoms with E-state index in [0.717, 1.165) is 47.2 Å². The van der Waals surface area contributed by atoms with E-state index in [-0.39, 0.29) is 11.8 Å². The van der Waals surface area contributed by atoms with E-state index in [1.807, 2.05) is 24.3 Å². The van der Waals surface area contributed by atoms with Crippen molar-refractivity contribution in [1.29, 1.82) is 0 Å². The van der Waals surface area contributed by atoms with Crippen molar-refractivity contribution in [2.75, 3.05) is 6.54 Å². The van der Waals surface area contributed by atoms with Crippen LogP contribution in [0.2, 0.25) is 0 Å². The third-order valence-corrected chi connectivity index (χ3v) is 6.28. The van der Waals surface area contributed by atoms with Gasteiger partial charge in [-0.2, -0.15) is 0 Å². The van der Waals surface area contributed by atoms with Crippen LogP contribution in [-0.4, -0.2) is 31.5 Å². The van der Waals surface area contributed by atoms with Crippen molar-refractivity contribution in [2.24, 2.45) is 0 Å². The summed E-state index contributed by atoms with van der Waals surface area (Å²) >= 11 is 0. The minimum Gasteiger partial charge on any atom is -0.508 e. The highest BCUT2D eigenvalue weighted by molar-refractivity contribution is 5.85. The molecule has 1 unspecified atom stereocenters. The van der Waals surface area contributed by atoms with Gasteiger partial charge in [0.25, 0.3) is 0 Å². The van der Waals surface area contributed by atoms with Gasteiger partial charge in [0.2, 0.25) is 0 Å². The number of para-hydroxylation sites is 2. The molecule has 5 nitrogen and oxygen atoms in total. The average molecular weight is 406 g/mol. The summed E-state index contributed by atoms with van der Waals surface area (Å²) in [7, 11) is 0. The Kier molecular flexibility index (Phi) is 4.21. The molecule has 31 heavy (non-hydrogen) atoms. The van der Waals surface area contributed by atoms with Crippen molar-refractivity contribution >= 4 is 21.9 Å². The van der Waals surface area contributed by atoms with E-state index in [9.17, 15) is 5.11 Å². The number of nitrogens with one attached hydrogen (secondary N) is 1. The minimum absolute atomic E-state index is 0.0233. The molecule has 1 aliphatic heterocycles. The van der Waals surface area contributed by atoms with E-state index in [4.69, 9.17) is 0 Å². The zero-order valence-corrected chi connectivity index (χ0v) is 17.0. The fraction of sp³-hybridized carbons (Fsp3) is 0.154. The van der Waals surface area contributed by atoms with E-state index >= 15 is 0 Å². The maximum atomic E-state index is 10.2. The number of fused-ring (bicyclic) bond motifs is 4. The SMILES string of the molecule is Oc1cccc(C2c3[nH]c4ccccc4c3CCN2Cc2cccc3nccnc23)c1. The average Bonchev–Trinajstić information content (AvgIpc) is 3.18. The molecule has 5 heteroatoms. The molecule has 0 saturated carbocycles. The van der Waals surface area contributed by atoms with Crippen molar-refractivity contribution < 1.29 is 5.11 Å². The Labute approximate surface area is 180 Å². The number of nitrogens with zero attached hydrogens (tertiary/aromatic N) is 3. The van der Waals surface area contributed by atoms with Crippen molar-refractivity contribution in [3.63, 3.8) is 0 Å². The van der Waals surface area contributed by atoms with Crippen molar-refractivity contribution in [3.8, 4) is 5.75 Å². The summed E-state index contributed by atoms with van der Waals surface area (Å²) in [6, 6.07) is 22.3. The van der Waals surface area contributed by atoms with Crippen molar-refractivity contribution in [3.05, 3.63) is 102 Å². The second kappa shape index (κ2) is 7.22. The molecule has 0 radical (unpaired) electrons. The molecular weight excluding hydrogens is 384 g/mol. The van der Waals surface area contributed by atoms with Crippen LogP contribution < -0.4 is 0 Å². The summed E-state index contributed by atoms with van der Waals surface area (Å²) in [5.41, 5.74) is 7.85. The van der Waals surface area contributed by atoms with Gasteiger partial charge in [0.05, 0.1) is 17.1 Å². The summed E-state index contributed by atoms with van der Waals surface area (Å²) in [6.45, 7) is 1.68. The molecule has 5 aromatic rings. The molecule has 0 fully saturated rings. The number of hydrogen-bond acceptors (Lipinski definition) is 4. The van der Waals surface area contributed by atoms with Gasteiger partial charge in [0, 0.05) is 42.1 Å². The molecule has 3 aromatic carbocycles. The maximum absolute atomic E-state index is 10.2. The number of phenolic OH excluding ortho intramolecular Hbond substituents is 1. The molecule has 3 heterocycles. The molecule has 2 aromatic heterocycles. The minimum atomic E-state index is 0.0233. The van der Waals surface area contributed by atoms with E-state index in [2.05, 4.69) is 56.3 Å². The lowest BCUT2D eigenvalue weighted by atomic mass is 9.91. The normalized spacial score (nSPS) is 16.6.